The highest BCUT2D eigenvalue weighted by Gasteiger charge is 1.98. The van der Waals surface area contributed by atoms with Crippen LogP contribution in [0.5, 0.6) is 0 Å². The topological polar surface area (TPSA) is 74.4 Å². The zero-order chi connectivity index (χ0) is 7.84. The Morgan fingerprint density at radius 2 is 2.09 bits per heavy atom. The van der Waals surface area contributed by atoms with E-state index in [1.807, 2.05) is 6.92 Å². The summed E-state index contributed by atoms with van der Waals surface area (Å²) in [4.78, 5) is 23.7. The lowest BCUT2D eigenvalue weighted by Crippen LogP contribution is -1.99. The molecule has 0 aliphatic rings. The van der Waals surface area contributed by atoms with E-state index in [4.69, 9.17) is 0 Å². The summed E-state index contributed by atoms with van der Waals surface area (Å²) < 4.78 is 0. The quantitative estimate of drug-likeness (QED) is 0.553. The fraction of sp³-hybridized carbons (Fsp3) is 0.167. The number of aromatic amines is 2. The van der Waals surface area contributed by atoms with Crippen molar-refractivity contribution >= 4 is 11.3 Å². The number of nitrogens with one attached hydrogen (secondary N) is 2. The molecule has 0 saturated carbocycles. The fourth-order valence-corrected chi connectivity index (χ4v) is 0.902. The standard InChI is InChI=1S/C6H6N4O/c1-3-2-7-4-5(8-3)10-6(11)9-4/h2H,1H3,(H2,7,8,9,10,11). The Hall–Kier alpha value is -1.65. The first kappa shape index (κ1) is 6.09. The summed E-state index contributed by atoms with van der Waals surface area (Å²) in [6.07, 6.45) is 1.60. The third kappa shape index (κ3) is 0.899. The van der Waals surface area contributed by atoms with Crippen LogP contribution in [0.15, 0.2) is 11.0 Å². The number of aromatic nitrogens is 4. The van der Waals surface area contributed by atoms with E-state index in [9.17, 15) is 4.79 Å². The molecule has 0 unspecified atom stereocenters. The van der Waals surface area contributed by atoms with Crippen LogP contribution in [0, 0.1) is 6.92 Å². The minimum Gasteiger partial charge on any atom is -0.289 e. The molecule has 56 valence electrons. The largest absolute Gasteiger partial charge is 0.326 e. The van der Waals surface area contributed by atoms with Crippen molar-refractivity contribution in [3.63, 3.8) is 0 Å². The molecule has 2 heterocycles. The molecule has 0 bridgehead atoms. The maximum atomic E-state index is 10.7. The molecule has 0 aliphatic carbocycles. The first-order valence-corrected chi connectivity index (χ1v) is 3.17. The van der Waals surface area contributed by atoms with Crippen molar-refractivity contribution in [3.8, 4) is 0 Å². The number of imidazole rings is 1. The first-order valence-electron chi connectivity index (χ1n) is 3.17. The smallest absolute Gasteiger partial charge is 0.289 e. The van der Waals surface area contributed by atoms with Gasteiger partial charge in [-0.2, -0.15) is 0 Å². The molecule has 0 atom stereocenters. The summed E-state index contributed by atoms with van der Waals surface area (Å²) in [5.41, 5.74) is 1.52. The van der Waals surface area contributed by atoms with E-state index in [1.165, 1.54) is 0 Å². The zero-order valence-electron chi connectivity index (χ0n) is 5.88. The molecule has 0 fully saturated rings. The average Bonchev–Trinajstić information content (AvgIpc) is 2.27. The summed E-state index contributed by atoms with van der Waals surface area (Å²) in [5, 5.41) is 0. The van der Waals surface area contributed by atoms with Crippen LogP contribution in [-0.4, -0.2) is 19.9 Å². The number of rotatable bonds is 0. The van der Waals surface area contributed by atoms with Gasteiger partial charge in [-0.15, -0.1) is 0 Å². The lowest BCUT2D eigenvalue weighted by Gasteiger charge is -1.87. The molecule has 0 saturated heterocycles. The van der Waals surface area contributed by atoms with Gasteiger partial charge in [-0.25, -0.2) is 14.8 Å². The third-order valence-corrected chi connectivity index (χ3v) is 1.36. The van der Waals surface area contributed by atoms with Crippen molar-refractivity contribution in [2.24, 2.45) is 0 Å². The number of aryl methyl sites for hydroxylation is 1. The number of hydrogen-bond acceptors (Lipinski definition) is 3. The molecule has 2 rings (SSSR count). The maximum Gasteiger partial charge on any atom is 0.326 e. The number of H-pyrrole nitrogens is 2. The average molecular weight is 150 g/mol. The summed E-state index contributed by atoms with van der Waals surface area (Å²) in [6, 6.07) is 0. The van der Waals surface area contributed by atoms with Crippen LogP contribution in [0.2, 0.25) is 0 Å². The predicted octanol–water partition coefficient (Wildman–Crippen LogP) is -0.0454. The van der Waals surface area contributed by atoms with Crippen LogP contribution in [0.3, 0.4) is 0 Å². The molecule has 0 amide bonds. The molecule has 2 aromatic rings. The molecule has 2 aromatic heterocycles. The molecule has 11 heavy (non-hydrogen) atoms. The molecule has 5 nitrogen and oxygen atoms in total. The van der Waals surface area contributed by atoms with E-state index >= 15 is 0 Å². The van der Waals surface area contributed by atoms with E-state index < -0.39 is 0 Å². The van der Waals surface area contributed by atoms with E-state index in [1.54, 1.807) is 6.20 Å². The van der Waals surface area contributed by atoms with Gasteiger partial charge in [0.2, 0.25) is 0 Å². The van der Waals surface area contributed by atoms with Gasteiger partial charge in [0.15, 0.2) is 11.3 Å². The van der Waals surface area contributed by atoms with Crippen molar-refractivity contribution in [3.05, 3.63) is 22.4 Å². The van der Waals surface area contributed by atoms with Gasteiger partial charge in [-0.3, -0.25) is 9.97 Å². The van der Waals surface area contributed by atoms with Gasteiger partial charge in [0.1, 0.15) is 0 Å². The highest BCUT2D eigenvalue weighted by molar-refractivity contribution is 5.63. The van der Waals surface area contributed by atoms with Crippen molar-refractivity contribution in [2.75, 3.05) is 0 Å². The summed E-state index contributed by atoms with van der Waals surface area (Å²) >= 11 is 0. The number of nitrogens with zero attached hydrogens (tertiary/aromatic N) is 2. The summed E-state index contributed by atoms with van der Waals surface area (Å²) in [7, 11) is 0. The molecule has 0 aromatic carbocycles. The second-order valence-corrected chi connectivity index (χ2v) is 2.29. The van der Waals surface area contributed by atoms with Crippen molar-refractivity contribution in [2.45, 2.75) is 6.92 Å². The van der Waals surface area contributed by atoms with Crippen LogP contribution in [0.25, 0.3) is 11.3 Å². The lowest BCUT2D eigenvalue weighted by atomic mass is 10.5. The molecule has 5 heteroatoms. The van der Waals surface area contributed by atoms with Crippen LogP contribution in [0.1, 0.15) is 5.69 Å². The van der Waals surface area contributed by atoms with Crippen molar-refractivity contribution in [1.29, 1.82) is 0 Å². The van der Waals surface area contributed by atoms with Crippen LogP contribution >= 0.6 is 0 Å². The fourth-order valence-electron chi connectivity index (χ4n) is 0.902. The molecule has 0 radical (unpaired) electrons. The Balaban J connectivity index is 2.92. The van der Waals surface area contributed by atoms with Gasteiger partial charge in [-0.05, 0) is 6.92 Å². The second kappa shape index (κ2) is 1.91. The Labute approximate surface area is 61.5 Å². The maximum absolute atomic E-state index is 10.7. The monoisotopic (exact) mass is 150 g/mol. The Kier molecular flexibility index (Phi) is 1.06. The van der Waals surface area contributed by atoms with E-state index in [0.717, 1.165) is 5.69 Å². The highest BCUT2D eigenvalue weighted by Crippen LogP contribution is 1.98. The lowest BCUT2D eigenvalue weighted by molar-refractivity contribution is 1.16. The second-order valence-electron chi connectivity index (χ2n) is 2.29. The Bertz CT molecular complexity index is 441. The molecule has 2 N–H and O–H groups in total. The molecular weight excluding hydrogens is 144 g/mol. The molecule has 0 aliphatic heterocycles. The van der Waals surface area contributed by atoms with Crippen molar-refractivity contribution in [1.82, 2.24) is 19.9 Å². The number of hydrogen-bond donors (Lipinski definition) is 2. The molecule has 0 spiro atoms. The number of fused-ring (bicyclic) bond motifs is 1. The van der Waals surface area contributed by atoms with Gasteiger partial charge in [0.05, 0.1) is 11.9 Å². The van der Waals surface area contributed by atoms with Gasteiger partial charge >= 0.3 is 5.69 Å². The minimum atomic E-state index is -0.273. The Morgan fingerprint density at radius 3 is 2.91 bits per heavy atom. The summed E-state index contributed by atoms with van der Waals surface area (Å²) in [5.74, 6) is 0. The van der Waals surface area contributed by atoms with Gasteiger partial charge < -0.3 is 0 Å². The minimum absolute atomic E-state index is 0.273. The normalized spacial score (nSPS) is 10.6. The van der Waals surface area contributed by atoms with Crippen LogP contribution in [-0.2, 0) is 0 Å². The van der Waals surface area contributed by atoms with E-state index in [2.05, 4.69) is 19.9 Å². The zero-order valence-corrected chi connectivity index (χ0v) is 5.88. The third-order valence-electron chi connectivity index (χ3n) is 1.36. The van der Waals surface area contributed by atoms with Crippen molar-refractivity contribution < 1.29 is 0 Å². The highest BCUT2D eigenvalue weighted by atomic mass is 16.1. The molecular formula is C6H6N4O. The van der Waals surface area contributed by atoms with Gasteiger partial charge in [0, 0.05) is 0 Å². The van der Waals surface area contributed by atoms with Crippen LogP contribution < -0.4 is 5.69 Å². The van der Waals surface area contributed by atoms with Gasteiger partial charge in [-0.1, -0.05) is 0 Å². The van der Waals surface area contributed by atoms with Crippen LogP contribution in [0.4, 0.5) is 0 Å². The Morgan fingerprint density at radius 1 is 1.36 bits per heavy atom. The van der Waals surface area contributed by atoms with E-state index in [0.29, 0.717) is 11.3 Å². The van der Waals surface area contributed by atoms with Gasteiger partial charge in [0.25, 0.3) is 0 Å². The van der Waals surface area contributed by atoms with E-state index in [-0.39, 0.29) is 5.69 Å². The SMILES string of the molecule is Cc1cnc2[nH]c(=O)[nH]c2n1. The summed E-state index contributed by atoms with van der Waals surface area (Å²) in [6.45, 7) is 1.82. The predicted molar refractivity (Wildman–Crippen MR) is 39.2 cm³/mol. The first-order chi connectivity index (χ1) is 5.25.